The van der Waals surface area contributed by atoms with E-state index < -0.39 is 5.97 Å². The number of hydrogen-bond donors (Lipinski definition) is 2. The fourth-order valence-electron chi connectivity index (χ4n) is 2.13. The van der Waals surface area contributed by atoms with Crippen LogP contribution in [0.15, 0.2) is 18.3 Å². The van der Waals surface area contributed by atoms with Crippen molar-refractivity contribution in [3.8, 4) is 0 Å². The molecule has 108 valence electrons. The van der Waals surface area contributed by atoms with E-state index >= 15 is 0 Å². The summed E-state index contributed by atoms with van der Waals surface area (Å²) in [5.74, 6) is -1.35. The van der Waals surface area contributed by atoms with E-state index in [-0.39, 0.29) is 23.3 Å². The largest absolute Gasteiger partial charge is 0.478 e. The molecule has 1 fully saturated rings. The first-order valence-electron chi connectivity index (χ1n) is 6.76. The molecule has 0 saturated carbocycles. The van der Waals surface area contributed by atoms with Crippen LogP contribution in [0.5, 0.6) is 0 Å². The second-order valence-corrected chi connectivity index (χ2v) is 4.77. The van der Waals surface area contributed by atoms with Crippen molar-refractivity contribution in [3.05, 3.63) is 29.6 Å². The molecule has 1 saturated heterocycles. The Balaban J connectivity index is 1.77. The van der Waals surface area contributed by atoms with Gasteiger partial charge in [0.1, 0.15) is 5.69 Å². The maximum absolute atomic E-state index is 11.8. The van der Waals surface area contributed by atoms with E-state index in [1.165, 1.54) is 24.8 Å². The quantitative estimate of drug-likeness (QED) is 0.851. The summed E-state index contributed by atoms with van der Waals surface area (Å²) in [4.78, 5) is 26.3. The van der Waals surface area contributed by atoms with Crippen molar-refractivity contribution in [2.75, 3.05) is 13.2 Å². The molecule has 1 aromatic heterocycles. The van der Waals surface area contributed by atoms with Crippen LogP contribution >= 0.6 is 0 Å². The molecule has 6 nitrogen and oxygen atoms in total. The molecule has 1 amide bonds. The molecule has 20 heavy (non-hydrogen) atoms. The van der Waals surface area contributed by atoms with E-state index in [1.807, 2.05) is 0 Å². The van der Waals surface area contributed by atoms with Crippen LogP contribution in [0.1, 0.15) is 46.5 Å². The molecule has 2 heterocycles. The Morgan fingerprint density at radius 2 is 2.25 bits per heavy atom. The second-order valence-electron chi connectivity index (χ2n) is 4.77. The van der Waals surface area contributed by atoms with Gasteiger partial charge < -0.3 is 15.2 Å². The molecule has 1 aliphatic rings. The van der Waals surface area contributed by atoms with Gasteiger partial charge in [-0.05, 0) is 37.8 Å². The number of carboxylic acids is 1. The third kappa shape index (κ3) is 4.03. The van der Waals surface area contributed by atoms with Gasteiger partial charge >= 0.3 is 5.97 Å². The molecule has 1 unspecified atom stereocenters. The molecule has 0 spiro atoms. The zero-order valence-corrected chi connectivity index (χ0v) is 11.2. The highest BCUT2D eigenvalue weighted by Gasteiger charge is 2.14. The lowest BCUT2D eigenvalue weighted by atomic mass is 10.1. The monoisotopic (exact) mass is 278 g/mol. The first-order valence-corrected chi connectivity index (χ1v) is 6.76. The molecule has 0 aromatic carbocycles. The first kappa shape index (κ1) is 14.5. The second kappa shape index (κ2) is 7.00. The highest BCUT2D eigenvalue weighted by atomic mass is 16.5. The summed E-state index contributed by atoms with van der Waals surface area (Å²) in [6, 6.07) is 2.78. The number of ether oxygens (including phenoxy) is 1. The van der Waals surface area contributed by atoms with Gasteiger partial charge in [-0.2, -0.15) is 0 Å². The minimum atomic E-state index is -1.06. The van der Waals surface area contributed by atoms with Crippen molar-refractivity contribution in [1.29, 1.82) is 0 Å². The molecular weight excluding hydrogens is 260 g/mol. The van der Waals surface area contributed by atoms with Gasteiger partial charge in [0, 0.05) is 19.3 Å². The van der Waals surface area contributed by atoms with Gasteiger partial charge in [0.15, 0.2) is 0 Å². The highest BCUT2D eigenvalue weighted by molar-refractivity contribution is 5.93. The van der Waals surface area contributed by atoms with Crippen molar-refractivity contribution in [1.82, 2.24) is 10.3 Å². The molecule has 0 bridgehead atoms. The summed E-state index contributed by atoms with van der Waals surface area (Å²) < 4.78 is 5.58. The van der Waals surface area contributed by atoms with E-state index in [9.17, 15) is 9.59 Å². The van der Waals surface area contributed by atoms with E-state index in [4.69, 9.17) is 9.84 Å². The summed E-state index contributed by atoms with van der Waals surface area (Å²) in [5, 5.41) is 11.5. The summed E-state index contributed by atoms with van der Waals surface area (Å²) in [6.07, 6.45) is 5.54. The number of carboxylic acid groups (broad SMARTS) is 1. The first-order chi connectivity index (χ1) is 9.66. The number of nitrogens with zero attached hydrogens (tertiary/aromatic N) is 1. The Morgan fingerprint density at radius 3 is 2.85 bits per heavy atom. The normalized spacial score (nSPS) is 18.5. The molecular formula is C14H18N2O4. The number of hydrogen-bond acceptors (Lipinski definition) is 4. The molecule has 1 aliphatic heterocycles. The predicted molar refractivity (Wildman–Crippen MR) is 71.7 cm³/mol. The summed E-state index contributed by atoms with van der Waals surface area (Å²) >= 11 is 0. The lowest BCUT2D eigenvalue weighted by Crippen LogP contribution is -2.29. The predicted octanol–water partition coefficient (Wildman–Crippen LogP) is 1.47. The maximum Gasteiger partial charge on any atom is 0.337 e. The minimum Gasteiger partial charge on any atom is -0.478 e. The average molecular weight is 278 g/mol. The van der Waals surface area contributed by atoms with Crippen molar-refractivity contribution in [2.24, 2.45) is 0 Å². The third-order valence-corrected chi connectivity index (χ3v) is 3.27. The van der Waals surface area contributed by atoms with E-state index in [0.717, 1.165) is 25.9 Å². The van der Waals surface area contributed by atoms with Crippen LogP contribution < -0.4 is 5.32 Å². The van der Waals surface area contributed by atoms with Crippen LogP contribution in [-0.2, 0) is 4.74 Å². The van der Waals surface area contributed by atoms with Gasteiger partial charge in [-0.3, -0.25) is 9.78 Å². The van der Waals surface area contributed by atoms with Crippen LogP contribution in [0.3, 0.4) is 0 Å². The van der Waals surface area contributed by atoms with Gasteiger partial charge in [0.05, 0.1) is 11.7 Å². The summed E-state index contributed by atoms with van der Waals surface area (Å²) in [6.45, 7) is 1.34. The number of aromatic carboxylic acids is 1. The van der Waals surface area contributed by atoms with Crippen molar-refractivity contribution < 1.29 is 19.4 Å². The average Bonchev–Trinajstić information content (AvgIpc) is 2.48. The van der Waals surface area contributed by atoms with Gasteiger partial charge in [0.2, 0.25) is 0 Å². The van der Waals surface area contributed by atoms with E-state index in [2.05, 4.69) is 10.3 Å². The number of nitrogens with one attached hydrogen (secondary N) is 1. The van der Waals surface area contributed by atoms with Crippen LogP contribution in [-0.4, -0.2) is 41.2 Å². The molecule has 1 atom stereocenters. The highest BCUT2D eigenvalue weighted by Crippen LogP contribution is 2.14. The molecule has 2 N–H and O–H groups in total. The zero-order valence-electron chi connectivity index (χ0n) is 11.2. The van der Waals surface area contributed by atoms with Crippen LogP contribution in [0.4, 0.5) is 0 Å². The van der Waals surface area contributed by atoms with Gasteiger partial charge in [-0.1, -0.05) is 0 Å². The smallest absolute Gasteiger partial charge is 0.337 e. The molecule has 6 heteroatoms. The number of aromatic nitrogens is 1. The molecule has 0 aliphatic carbocycles. The zero-order chi connectivity index (χ0) is 14.4. The Labute approximate surface area is 117 Å². The maximum atomic E-state index is 11.8. The number of carbonyl (C=O) groups is 2. The van der Waals surface area contributed by atoms with Crippen LogP contribution in [0.2, 0.25) is 0 Å². The van der Waals surface area contributed by atoms with Crippen molar-refractivity contribution in [2.45, 2.75) is 31.8 Å². The van der Waals surface area contributed by atoms with Crippen molar-refractivity contribution >= 4 is 11.9 Å². The molecule has 1 aromatic rings. The van der Waals surface area contributed by atoms with Gasteiger partial charge in [0.25, 0.3) is 5.91 Å². The number of amides is 1. The Hall–Kier alpha value is -1.95. The van der Waals surface area contributed by atoms with Crippen LogP contribution in [0, 0.1) is 0 Å². The Kier molecular flexibility index (Phi) is 5.06. The topological polar surface area (TPSA) is 88.5 Å². The lowest BCUT2D eigenvalue weighted by molar-refractivity contribution is 0.0117. The number of rotatable bonds is 5. The fraction of sp³-hybridized carbons (Fsp3) is 0.500. The fourth-order valence-corrected chi connectivity index (χ4v) is 2.13. The lowest BCUT2D eigenvalue weighted by Gasteiger charge is -2.22. The minimum absolute atomic E-state index is 0.0668. The Bertz CT molecular complexity index is 467. The number of carbonyl (C=O) groups excluding carboxylic acids is 1. The van der Waals surface area contributed by atoms with E-state index in [1.54, 1.807) is 0 Å². The van der Waals surface area contributed by atoms with E-state index in [0.29, 0.717) is 6.54 Å². The third-order valence-electron chi connectivity index (χ3n) is 3.27. The number of pyridine rings is 1. The van der Waals surface area contributed by atoms with Crippen LogP contribution in [0.25, 0.3) is 0 Å². The summed E-state index contributed by atoms with van der Waals surface area (Å²) in [7, 11) is 0. The molecule has 2 rings (SSSR count). The SMILES string of the molecule is O=C(O)c1ccc(C(=O)NCCC2CCCCO2)nc1. The Morgan fingerprint density at radius 1 is 1.40 bits per heavy atom. The summed E-state index contributed by atoms with van der Waals surface area (Å²) in [5.41, 5.74) is 0.289. The van der Waals surface area contributed by atoms with Crippen molar-refractivity contribution in [3.63, 3.8) is 0 Å². The standard InChI is InChI=1S/C14H18N2O4/c17-13(12-5-4-10(9-16-12)14(18)19)15-7-6-11-3-1-2-8-20-11/h4-5,9,11H,1-3,6-8H2,(H,15,17)(H,18,19). The van der Waals surface area contributed by atoms with Gasteiger partial charge in [-0.25, -0.2) is 4.79 Å². The molecule has 0 radical (unpaired) electrons. The van der Waals surface area contributed by atoms with Gasteiger partial charge in [-0.15, -0.1) is 0 Å².